The van der Waals surface area contributed by atoms with Crippen molar-refractivity contribution in [3.8, 4) is 0 Å². The summed E-state index contributed by atoms with van der Waals surface area (Å²) < 4.78 is 4.56. The molecule has 0 rings (SSSR count). The van der Waals surface area contributed by atoms with Crippen molar-refractivity contribution in [2.75, 3.05) is 26.4 Å². The van der Waals surface area contributed by atoms with Crippen LogP contribution in [-0.4, -0.2) is 58.8 Å². The van der Waals surface area contributed by atoms with Crippen molar-refractivity contribution in [1.82, 2.24) is 0 Å². The molecule has 7 nitrogen and oxygen atoms in total. The molecule has 0 fully saturated rings. The highest BCUT2D eigenvalue weighted by Gasteiger charge is 2.29. The third-order valence-electron chi connectivity index (χ3n) is 1.76. The van der Waals surface area contributed by atoms with E-state index in [1.165, 1.54) is 6.92 Å². The van der Waals surface area contributed by atoms with E-state index in [0.29, 0.717) is 0 Å². The van der Waals surface area contributed by atoms with E-state index in [-0.39, 0.29) is 6.61 Å². The highest BCUT2D eigenvalue weighted by atomic mass is 16.5. The van der Waals surface area contributed by atoms with Crippen LogP contribution in [0, 0.1) is 5.41 Å². The molecule has 0 radical (unpaired) electrons. The fraction of sp³-hybridized carbons (Fsp3) is 0.600. The highest BCUT2D eigenvalue weighted by molar-refractivity contribution is 5.78. The predicted molar refractivity (Wildman–Crippen MR) is 58.2 cm³/mol. The lowest BCUT2D eigenvalue weighted by molar-refractivity contribution is -0.148. The summed E-state index contributed by atoms with van der Waals surface area (Å²) in [5, 5.41) is 33.9. The fourth-order valence-corrected chi connectivity index (χ4v) is 0.542. The van der Waals surface area contributed by atoms with E-state index in [1.54, 1.807) is 0 Å². The van der Waals surface area contributed by atoms with Crippen molar-refractivity contribution in [3.63, 3.8) is 0 Å². The van der Waals surface area contributed by atoms with Crippen LogP contribution in [0.15, 0.2) is 12.7 Å². The van der Waals surface area contributed by atoms with Crippen molar-refractivity contribution >= 4 is 11.9 Å². The maximum absolute atomic E-state index is 10.4. The Morgan fingerprint density at radius 3 is 1.76 bits per heavy atom. The summed E-state index contributed by atoms with van der Waals surface area (Å²) in [6, 6.07) is 0. The minimum Gasteiger partial charge on any atom is -0.478 e. The number of carbonyl (C=O) groups excluding carboxylic acids is 1. The first-order valence-corrected chi connectivity index (χ1v) is 4.68. The fourth-order valence-electron chi connectivity index (χ4n) is 0.542. The molecule has 0 saturated carbocycles. The van der Waals surface area contributed by atoms with Crippen molar-refractivity contribution in [1.29, 1.82) is 0 Å². The molecule has 0 aliphatic heterocycles. The van der Waals surface area contributed by atoms with Crippen LogP contribution in [0.3, 0.4) is 0 Å². The first-order valence-electron chi connectivity index (χ1n) is 4.68. The number of aliphatic hydroxyl groups is 3. The predicted octanol–water partition coefficient (Wildman–Crippen LogP) is -1.23. The standard InChI is InChI=1S/C7H14O5.C3H4O2/c1-6(11)12-5-7(2-8,3-9)4-10;1-2-3(4)5/h8-10H,2-5H2,1H3;2H,1H2,(H,4,5). The number of ether oxygens (including phenoxy) is 1. The number of carboxylic acids is 1. The van der Waals surface area contributed by atoms with Crippen molar-refractivity contribution < 1.29 is 34.8 Å². The second kappa shape index (κ2) is 9.76. The highest BCUT2D eigenvalue weighted by Crippen LogP contribution is 2.14. The van der Waals surface area contributed by atoms with Crippen LogP contribution < -0.4 is 0 Å². The molecule has 0 spiro atoms. The van der Waals surface area contributed by atoms with Crippen molar-refractivity contribution in [2.45, 2.75) is 6.92 Å². The van der Waals surface area contributed by atoms with Gasteiger partial charge in [0, 0.05) is 13.0 Å². The zero-order chi connectivity index (χ0) is 13.9. The molecular formula is C10H18O7. The van der Waals surface area contributed by atoms with Crippen molar-refractivity contribution in [2.24, 2.45) is 5.41 Å². The van der Waals surface area contributed by atoms with E-state index < -0.39 is 37.2 Å². The lowest BCUT2D eigenvalue weighted by atomic mass is 9.93. The largest absolute Gasteiger partial charge is 0.478 e. The number of esters is 1. The van der Waals surface area contributed by atoms with Gasteiger partial charge >= 0.3 is 11.9 Å². The summed E-state index contributed by atoms with van der Waals surface area (Å²) in [7, 11) is 0. The Balaban J connectivity index is 0. The summed E-state index contributed by atoms with van der Waals surface area (Å²) in [5.74, 6) is -1.49. The SMILES string of the molecule is C=CC(=O)O.CC(=O)OCC(CO)(CO)CO. The number of rotatable bonds is 6. The van der Waals surface area contributed by atoms with Gasteiger partial charge in [-0.3, -0.25) is 4.79 Å². The van der Waals surface area contributed by atoms with Gasteiger partial charge in [0.15, 0.2) is 0 Å². The second-order valence-electron chi connectivity index (χ2n) is 3.30. The van der Waals surface area contributed by atoms with Crippen LogP contribution in [0.5, 0.6) is 0 Å². The molecule has 0 aliphatic carbocycles. The Hall–Kier alpha value is -1.44. The van der Waals surface area contributed by atoms with Gasteiger partial charge in [-0.15, -0.1) is 0 Å². The quantitative estimate of drug-likeness (QED) is 0.343. The van der Waals surface area contributed by atoms with Crippen LogP contribution in [-0.2, 0) is 14.3 Å². The first kappa shape index (κ1) is 17.9. The number of hydrogen-bond acceptors (Lipinski definition) is 6. The van der Waals surface area contributed by atoms with Crippen molar-refractivity contribution in [3.05, 3.63) is 12.7 Å². The summed E-state index contributed by atoms with van der Waals surface area (Å²) in [5.41, 5.74) is -1.12. The summed E-state index contributed by atoms with van der Waals surface area (Å²) in [4.78, 5) is 19.6. The zero-order valence-electron chi connectivity index (χ0n) is 9.63. The molecule has 100 valence electrons. The lowest BCUT2D eigenvalue weighted by Crippen LogP contribution is -2.39. The number of carbonyl (C=O) groups is 2. The molecule has 0 aromatic carbocycles. The zero-order valence-corrected chi connectivity index (χ0v) is 9.63. The van der Waals surface area contributed by atoms with E-state index in [0.717, 1.165) is 6.08 Å². The molecule has 0 unspecified atom stereocenters. The minimum atomic E-state index is -1.12. The van der Waals surface area contributed by atoms with Gasteiger partial charge in [0.1, 0.15) is 6.61 Å². The summed E-state index contributed by atoms with van der Waals surface area (Å²) >= 11 is 0. The van der Waals surface area contributed by atoms with Gasteiger partial charge in [0.05, 0.1) is 25.2 Å². The molecule has 0 bridgehead atoms. The molecule has 0 aromatic heterocycles. The monoisotopic (exact) mass is 250 g/mol. The van der Waals surface area contributed by atoms with Gasteiger partial charge in [-0.25, -0.2) is 4.79 Å². The van der Waals surface area contributed by atoms with Gasteiger partial charge in [0.2, 0.25) is 0 Å². The van der Waals surface area contributed by atoms with Crippen LogP contribution >= 0.6 is 0 Å². The third-order valence-corrected chi connectivity index (χ3v) is 1.76. The number of aliphatic hydroxyl groups excluding tert-OH is 3. The maximum Gasteiger partial charge on any atom is 0.327 e. The van der Waals surface area contributed by atoms with Gasteiger partial charge < -0.3 is 25.2 Å². The molecule has 0 aliphatic rings. The average Bonchev–Trinajstić information content (AvgIpc) is 2.32. The van der Waals surface area contributed by atoms with Gasteiger partial charge in [-0.1, -0.05) is 6.58 Å². The maximum atomic E-state index is 10.4. The van der Waals surface area contributed by atoms with Crippen LogP contribution in [0.2, 0.25) is 0 Å². The Bertz CT molecular complexity index is 237. The average molecular weight is 250 g/mol. The lowest BCUT2D eigenvalue weighted by Gasteiger charge is -2.25. The topological polar surface area (TPSA) is 124 Å². The Labute approximate surface area is 99.0 Å². The molecule has 0 amide bonds. The normalized spacial score (nSPS) is 9.88. The number of aliphatic carboxylic acids is 1. The summed E-state index contributed by atoms with van der Waals surface area (Å²) in [6.07, 6.45) is 0.833. The smallest absolute Gasteiger partial charge is 0.327 e. The molecule has 0 aromatic rings. The number of hydrogen-bond donors (Lipinski definition) is 4. The van der Waals surface area contributed by atoms with Gasteiger partial charge in [-0.05, 0) is 0 Å². The Morgan fingerprint density at radius 1 is 1.24 bits per heavy atom. The van der Waals surface area contributed by atoms with E-state index in [2.05, 4.69) is 11.3 Å². The second-order valence-corrected chi connectivity index (χ2v) is 3.30. The summed E-state index contributed by atoms with van der Waals surface area (Å²) in [6.45, 7) is 2.74. The minimum absolute atomic E-state index is 0.175. The Morgan fingerprint density at radius 2 is 1.59 bits per heavy atom. The van der Waals surface area contributed by atoms with Gasteiger partial charge in [0.25, 0.3) is 0 Å². The Kier molecular flexibility index (Phi) is 10.3. The molecule has 4 N–H and O–H groups in total. The third kappa shape index (κ3) is 9.49. The van der Waals surface area contributed by atoms with E-state index in [1.807, 2.05) is 0 Å². The molecule has 7 heteroatoms. The van der Waals surface area contributed by atoms with E-state index in [9.17, 15) is 9.59 Å². The van der Waals surface area contributed by atoms with Crippen LogP contribution in [0.1, 0.15) is 6.92 Å². The molecule has 17 heavy (non-hydrogen) atoms. The molecule has 0 atom stereocenters. The molecule has 0 heterocycles. The van der Waals surface area contributed by atoms with E-state index in [4.69, 9.17) is 20.4 Å². The van der Waals surface area contributed by atoms with Gasteiger partial charge in [-0.2, -0.15) is 0 Å². The van der Waals surface area contributed by atoms with Crippen LogP contribution in [0.25, 0.3) is 0 Å². The first-order chi connectivity index (χ1) is 7.87. The molecule has 0 saturated heterocycles. The van der Waals surface area contributed by atoms with E-state index >= 15 is 0 Å². The van der Waals surface area contributed by atoms with Crippen LogP contribution in [0.4, 0.5) is 0 Å². The number of carboxylic acid groups (broad SMARTS) is 1. The molecular weight excluding hydrogens is 232 g/mol.